The number of hydrogen-bond acceptors (Lipinski definition) is 3. The maximum Gasteiger partial charge on any atom is 0.234 e. The highest BCUT2D eigenvalue weighted by Gasteiger charge is 2.32. The molecule has 1 fully saturated rings. The Morgan fingerprint density at radius 1 is 0.892 bits per heavy atom. The normalized spacial score (nSPS) is 15.7. The summed E-state index contributed by atoms with van der Waals surface area (Å²) in [4.78, 5) is 18.3. The predicted molar refractivity (Wildman–Crippen MR) is 156 cm³/mol. The Bertz CT molecular complexity index is 999. The summed E-state index contributed by atoms with van der Waals surface area (Å²) in [6.07, 6.45) is 1.46. The van der Waals surface area contributed by atoms with Crippen LogP contribution in [0, 0.1) is 0 Å². The van der Waals surface area contributed by atoms with Crippen molar-refractivity contribution in [3.05, 3.63) is 107 Å². The van der Waals surface area contributed by atoms with E-state index in [9.17, 15) is 9.90 Å². The molecule has 4 heteroatoms. The van der Waals surface area contributed by atoms with Crippen molar-refractivity contribution in [3.8, 4) is 0 Å². The van der Waals surface area contributed by atoms with Crippen LogP contribution in [0.5, 0.6) is 0 Å². The van der Waals surface area contributed by atoms with E-state index in [1.165, 1.54) is 5.56 Å². The molecule has 0 saturated carbocycles. The molecule has 0 aromatic heterocycles. The largest absolute Gasteiger partial charge is 0.392 e. The lowest BCUT2D eigenvalue weighted by Crippen LogP contribution is -2.41. The average molecular weight is 503 g/mol. The number of aliphatic hydroxyl groups is 1. The van der Waals surface area contributed by atoms with Gasteiger partial charge in [0, 0.05) is 26.7 Å². The number of hydrogen-bond donors (Lipinski definition) is 1. The summed E-state index contributed by atoms with van der Waals surface area (Å²) in [7, 11) is 1.93. The number of rotatable bonds is 8. The first-order valence-corrected chi connectivity index (χ1v) is 13.9. The number of amides is 1. The van der Waals surface area contributed by atoms with Crippen LogP contribution in [-0.4, -0.2) is 53.6 Å². The van der Waals surface area contributed by atoms with E-state index in [-0.39, 0.29) is 24.0 Å². The Balaban J connectivity index is 0.00000115. The van der Waals surface area contributed by atoms with Crippen molar-refractivity contribution in [2.75, 3.05) is 26.7 Å². The van der Waals surface area contributed by atoms with Gasteiger partial charge in [0.15, 0.2) is 0 Å². The van der Waals surface area contributed by atoms with E-state index in [1.54, 1.807) is 0 Å². The van der Waals surface area contributed by atoms with Crippen molar-refractivity contribution < 1.29 is 9.90 Å². The first-order chi connectivity index (χ1) is 18.1. The molecule has 37 heavy (non-hydrogen) atoms. The number of likely N-dealkylation sites (N-methyl/N-ethyl adjacent to an activating group) is 1. The number of likely N-dealkylation sites (tertiary alicyclic amines) is 1. The third-order valence-corrected chi connectivity index (χ3v) is 6.75. The second kappa shape index (κ2) is 16.0. The zero-order chi connectivity index (χ0) is 27.2. The second-order valence-corrected chi connectivity index (χ2v) is 9.02. The monoisotopic (exact) mass is 502 g/mol. The van der Waals surface area contributed by atoms with Gasteiger partial charge in [-0.15, -0.1) is 0 Å². The first kappa shape index (κ1) is 30.3. The van der Waals surface area contributed by atoms with Gasteiger partial charge in [-0.1, -0.05) is 120 Å². The van der Waals surface area contributed by atoms with Crippen LogP contribution >= 0.6 is 0 Å². The van der Waals surface area contributed by atoms with Crippen LogP contribution in [0.1, 0.15) is 75.3 Å². The first-order valence-electron chi connectivity index (χ1n) is 13.9. The van der Waals surface area contributed by atoms with E-state index in [0.717, 1.165) is 36.1 Å². The molecule has 4 nitrogen and oxygen atoms in total. The van der Waals surface area contributed by atoms with Crippen LogP contribution in [-0.2, 0) is 11.2 Å². The van der Waals surface area contributed by atoms with E-state index >= 15 is 0 Å². The van der Waals surface area contributed by atoms with E-state index in [0.29, 0.717) is 13.1 Å². The molecular weight excluding hydrogens is 456 g/mol. The molecule has 3 aromatic rings. The molecule has 1 aliphatic rings. The molecule has 2 atom stereocenters. The highest BCUT2D eigenvalue weighted by atomic mass is 16.3. The van der Waals surface area contributed by atoms with Crippen molar-refractivity contribution in [1.82, 2.24) is 9.80 Å². The van der Waals surface area contributed by atoms with Crippen LogP contribution in [0.15, 0.2) is 84.9 Å². The molecule has 1 amide bonds. The number of aliphatic hydroxyl groups excluding tert-OH is 1. The zero-order valence-electron chi connectivity index (χ0n) is 23.6. The lowest BCUT2D eigenvalue weighted by Gasteiger charge is -2.35. The second-order valence-electron chi connectivity index (χ2n) is 9.02. The number of β-amino-alcohol motifs (C(OH)–C–C–N with tert-alkyl or cyclic N) is 1. The molecule has 3 aromatic carbocycles. The number of nitrogens with zero attached hydrogens (tertiary/aromatic N) is 2. The summed E-state index contributed by atoms with van der Waals surface area (Å²) >= 11 is 0. The summed E-state index contributed by atoms with van der Waals surface area (Å²) in [5, 5.41) is 10.1. The van der Waals surface area contributed by atoms with E-state index < -0.39 is 0 Å². The van der Waals surface area contributed by atoms with Gasteiger partial charge < -0.3 is 10.0 Å². The highest BCUT2D eigenvalue weighted by Crippen LogP contribution is 2.31. The van der Waals surface area contributed by atoms with Crippen molar-refractivity contribution in [1.29, 1.82) is 0 Å². The SMILES string of the molecule is CC.CC.CCc1cccc([C@@H](CN2CC[C@H](O)C2)N(C)C(=O)C(c2ccccc2)c2ccccc2)c1. The van der Waals surface area contributed by atoms with Gasteiger partial charge in [0.05, 0.1) is 18.1 Å². The Morgan fingerprint density at radius 3 is 1.92 bits per heavy atom. The fourth-order valence-corrected chi connectivity index (χ4v) is 4.82. The lowest BCUT2D eigenvalue weighted by molar-refractivity contribution is -0.133. The van der Waals surface area contributed by atoms with Crippen molar-refractivity contribution >= 4 is 5.91 Å². The quantitative estimate of drug-likeness (QED) is 0.373. The van der Waals surface area contributed by atoms with Gasteiger partial charge in [-0.3, -0.25) is 9.69 Å². The molecule has 1 aliphatic heterocycles. The van der Waals surface area contributed by atoms with Crippen LogP contribution < -0.4 is 0 Å². The van der Waals surface area contributed by atoms with Crippen LogP contribution in [0.25, 0.3) is 0 Å². The maximum absolute atomic E-state index is 14.1. The molecule has 200 valence electrons. The molecule has 0 unspecified atom stereocenters. The Hall–Kier alpha value is -2.95. The standard InChI is InChI=1S/C29H34N2O2.2C2H6/c1-3-22-11-10-16-25(19-22)27(21-31-18-17-26(32)20-31)30(2)29(33)28(23-12-6-4-7-13-23)24-14-8-5-9-15-24;2*1-2/h4-16,19,26-28,32H,3,17-18,20-21H2,1-2H3;2*1-2H3/t26-,27+;;/m0../s1. The molecule has 1 saturated heterocycles. The molecule has 4 rings (SSSR count). The molecule has 0 aliphatic carbocycles. The molecule has 1 heterocycles. The Labute approximate surface area is 225 Å². The van der Waals surface area contributed by atoms with E-state index in [1.807, 2.05) is 100 Å². The summed E-state index contributed by atoms with van der Waals surface area (Å²) < 4.78 is 0. The van der Waals surface area contributed by atoms with Gasteiger partial charge in [0.2, 0.25) is 5.91 Å². The summed E-state index contributed by atoms with van der Waals surface area (Å²) in [6, 6.07) is 28.6. The number of aryl methyl sites for hydroxylation is 1. The van der Waals surface area contributed by atoms with E-state index in [4.69, 9.17) is 0 Å². The Kier molecular flexibility index (Phi) is 13.1. The third-order valence-electron chi connectivity index (χ3n) is 6.75. The lowest BCUT2D eigenvalue weighted by atomic mass is 9.89. The molecule has 0 bridgehead atoms. The predicted octanol–water partition coefficient (Wildman–Crippen LogP) is 6.70. The minimum atomic E-state index is -0.363. The van der Waals surface area contributed by atoms with Gasteiger partial charge >= 0.3 is 0 Å². The topological polar surface area (TPSA) is 43.8 Å². The highest BCUT2D eigenvalue weighted by molar-refractivity contribution is 5.87. The fraction of sp³-hybridized carbons (Fsp3) is 0.424. The van der Waals surface area contributed by atoms with Gasteiger partial charge in [0.1, 0.15) is 0 Å². The van der Waals surface area contributed by atoms with Gasteiger partial charge in [-0.05, 0) is 35.1 Å². The van der Waals surface area contributed by atoms with Crippen LogP contribution in [0.2, 0.25) is 0 Å². The zero-order valence-corrected chi connectivity index (χ0v) is 23.6. The molecule has 0 spiro atoms. The number of benzene rings is 3. The van der Waals surface area contributed by atoms with Gasteiger partial charge in [-0.2, -0.15) is 0 Å². The van der Waals surface area contributed by atoms with Gasteiger partial charge in [0.25, 0.3) is 0 Å². The number of carbonyl (C=O) groups excluding carboxylic acids is 1. The maximum atomic E-state index is 14.1. The van der Waals surface area contributed by atoms with E-state index in [2.05, 4.69) is 36.1 Å². The molecule has 1 N–H and O–H groups in total. The minimum absolute atomic E-state index is 0.0825. The minimum Gasteiger partial charge on any atom is -0.392 e. The Morgan fingerprint density at radius 2 is 1.43 bits per heavy atom. The molecular formula is C33H46N2O2. The van der Waals surface area contributed by atoms with Crippen LogP contribution in [0.4, 0.5) is 0 Å². The average Bonchev–Trinajstić information content (AvgIpc) is 3.39. The molecule has 0 radical (unpaired) electrons. The number of carbonyl (C=O) groups is 1. The fourth-order valence-electron chi connectivity index (χ4n) is 4.82. The smallest absolute Gasteiger partial charge is 0.234 e. The van der Waals surface area contributed by atoms with Gasteiger partial charge in [-0.25, -0.2) is 0 Å². The summed E-state index contributed by atoms with van der Waals surface area (Å²) in [6.45, 7) is 12.4. The van der Waals surface area contributed by atoms with Crippen molar-refractivity contribution in [3.63, 3.8) is 0 Å². The summed E-state index contributed by atoms with van der Waals surface area (Å²) in [5.74, 6) is -0.280. The van der Waals surface area contributed by atoms with Crippen molar-refractivity contribution in [2.24, 2.45) is 0 Å². The summed E-state index contributed by atoms with van der Waals surface area (Å²) in [5.41, 5.74) is 4.41. The van der Waals surface area contributed by atoms with Crippen molar-refractivity contribution in [2.45, 2.75) is 65.5 Å². The third kappa shape index (κ3) is 8.28. The van der Waals surface area contributed by atoms with Crippen LogP contribution in [0.3, 0.4) is 0 Å².